The minimum atomic E-state index is 0.171. The number of aliphatic hydroxyl groups excluding tert-OH is 1. The standard InChI is InChI=1S/C14H23NO2/c1-11(9-16)12(2)15-14(10-17-3)13-7-5-4-6-8-13/h4-8,11-12,14-16H,9-10H2,1-3H3. The second-order valence-electron chi connectivity index (χ2n) is 4.53. The number of hydrogen-bond donors (Lipinski definition) is 2. The molecule has 17 heavy (non-hydrogen) atoms. The lowest BCUT2D eigenvalue weighted by Crippen LogP contribution is -2.38. The Morgan fingerprint density at radius 2 is 1.88 bits per heavy atom. The molecule has 3 unspecified atom stereocenters. The highest BCUT2D eigenvalue weighted by Crippen LogP contribution is 2.15. The highest BCUT2D eigenvalue weighted by Gasteiger charge is 2.17. The predicted molar refractivity (Wildman–Crippen MR) is 69.9 cm³/mol. The van der Waals surface area contributed by atoms with Gasteiger partial charge in [0, 0.05) is 19.8 Å². The topological polar surface area (TPSA) is 41.5 Å². The molecule has 0 aromatic heterocycles. The third kappa shape index (κ3) is 4.46. The lowest BCUT2D eigenvalue weighted by atomic mass is 10.0. The van der Waals surface area contributed by atoms with Crippen LogP contribution in [0.1, 0.15) is 25.5 Å². The predicted octanol–water partition coefficient (Wildman–Crippen LogP) is 1.98. The van der Waals surface area contributed by atoms with Crippen LogP contribution in [0.2, 0.25) is 0 Å². The van der Waals surface area contributed by atoms with Crippen LogP contribution in [-0.2, 0) is 4.74 Å². The van der Waals surface area contributed by atoms with Gasteiger partial charge in [-0.2, -0.15) is 0 Å². The molecule has 1 rings (SSSR count). The van der Waals surface area contributed by atoms with Gasteiger partial charge in [-0.25, -0.2) is 0 Å². The van der Waals surface area contributed by atoms with Gasteiger partial charge < -0.3 is 15.2 Å². The molecule has 1 aromatic carbocycles. The molecule has 0 aliphatic rings. The van der Waals surface area contributed by atoms with Gasteiger partial charge in [-0.1, -0.05) is 37.3 Å². The largest absolute Gasteiger partial charge is 0.396 e. The first kappa shape index (κ1) is 14.2. The SMILES string of the molecule is COCC(NC(C)C(C)CO)c1ccccc1. The van der Waals surface area contributed by atoms with Crippen LogP contribution >= 0.6 is 0 Å². The molecule has 0 saturated carbocycles. The maximum Gasteiger partial charge on any atom is 0.0657 e. The number of rotatable bonds is 7. The van der Waals surface area contributed by atoms with Crippen LogP contribution in [0.3, 0.4) is 0 Å². The average Bonchev–Trinajstić information content (AvgIpc) is 2.38. The van der Waals surface area contributed by atoms with Crippen molar-refractivity contribution in [1.82, 2.24) is 5.32 Å². The molecule has 3 atom stereocenters. The number of benzene rings is 1. The van der Waals surface area contributed by atoms with E-state index in [1.807, 2.05) is 25.1 Å². The summed E-state index contributed by atoms with van der Waals surface area (Å²) in [7, 11) is 1.71. The molecule has 3 nitrogen and oxygen atoms in total. The fourth-order valence-electron chi connectivity index (χ4n) is 1.73. The van der Waals surface area contributed by atoms with E-state index in [4.69, 9.17) is 9.84 Å². The minimum absolute atomic E-state index is 0.171. The van der Waals surface area contributed by atoms with Crippen molar-refractivity contribution in [3.05, 3.63) is 35.9 Å². The van der Waals surface area contributed by atoms with Crippen LogP contribution < -0.4 is 5.32 Å². The van der Waals surface area contributed by atoms with Crippen molar-refractivity contribution in [3.8, 4) is 0 Å². The molecule has 0 radical (unpaired) electrons. The van der Waals surface area contributed by atoms with Crippen LogP contribution in [-0.4, -0.2) is 31.5 Å². The smallest absolute Gasteiger partial charge is 0.0657 e. The van der Waals surface area contributed by atoms with Crippen LogP contribution in [0.4, 0.5) is 0 Å². The molecule has 0 amide bonds. The summed E-state index contributed by atoms with van der Waals surface area (Å²) in [6.45, 7) is 4.95. The molecule has 0 aliphatic heterocycles. The van der Waals surface area contributed by atoms with Gasteiger partial charge in [-0.05, 0) is 18.4 Å². The molecule has 3 heteroatoms. The fraction of sp³-hybridized carbons (Fsp3) is 0.571. The molecular weight excluding hydrogens is 214 g/mol. The van der Waals surface area contributed by atoms with Crippen molar-refractivity contribution in [2.75, 3.05) is 20.3 Å². The third-order valence-electron chi connectivity index (χ3n) is 3.14. The van der Waals surface area contributed by atoms with E-state index < -0.39 is 0 Å². The second-order valence-corrected chi connectivity index (χ2v) is 4.53. The van der Waals surface area contributed by atoms with Crippen molar-refractivity contribution < 1.29 is 9.84 Å². The Bertz CT molecular complexity index is 302. The molecule has 96 valence electrons. The zero-order valence-electron chi connectivity index (χ0n) is 10.9. The Balaban J connectivity index is 2.67. The first-order valence-electron chi connectivity index (χ1n) is 6.09. The summed E-state index contributed by atoms with van der Waals surface area (Å²) in [5, 5.41) is 12.6. The van der Waals surface area contributed by atoms with E-state index >= 15 is 0 Å². The van der Waals surface area contributed by atoms with Crippen LogP contribution in [0.15, 0.2) is 30.3 Å². The Morgan fingerprint density at radius 1 is 1.24 bits per heavy atom. The summed E-state index contributed by atoms with van der Waals surface area (Å²) in [6.07, 6.45) is 0. The van der Waals surface area contributed by atoms with Crippen molar-refractivity contribution in [2.24, 2.45) is 5.92 Å². The van der Waals surface area contributed by atoms with E-state index in [2.05, 4.69) is 24.4 Å². The maximum absolute atomic E-state index is 9.15. The van der Waals surface area contributed by atoms with E-state index in [0.717, 1.165) is 0 Å². The maximum atomic E-state index is 9.15. The van der Waals surface area contributed by atoms with E-state index in [0.29, 0.717) is 6.61 Å². The van der Waals surface area contributed by atoms with Gasteiger partial charge in [0.15, 0.2) is 0 Å². The summed E-state index contributed by atoms with van der Waals surface area (Å²) >= 11 is 0. The number of hydrogen-bond acceptors (Lipinski definition) is 3. The first-order chi connectivity index (χ1) is 8.19. The minimum Gasteiger partial charge on any atom is -0.396 e. The van der Waals surface area contributed by atoms with Gasteiger partial charge >= 0.3 is 0 Å². The van der Waals surface area contributed by atoms with E-state index in [-0.39, 0.29) is 24.6 Å². The van der Waals surface area contributed by atoms with E-state index in [1.165, 1.54) is 5.56 Å². The molecular formula is C14H23NO2. The quantitative estimate of drug-likeness (QED) is 0.762. The molecule has 0 bridgehead atoms. The Labute approximate surface area is 104 Å². The van der Waals surface area contributed by atoms with Gasteiger partial charge in [-0.15, -0.1) is 0 Å². The number of nitrogens with one attached hydrogen (secondary N) is 1. The Hall–Kier alpha value is -0.900. The fourth-order valence-corrected chi connectivity index (χ4v) is 1.73. The highest BCUT2D eigenvalue weighted by molar-refractivity contribution is 5.19. The normalized spacial score (nSPS) is 16.5. The summed E-state index contributed by atoms with van der Waals surface area (Å²) in [5.41, 5.74) is 1.21. The van der Waals surface area contributed by atoms with Gasteiger partial charge in [0.2, 0.25) is 0 Å². The van der Waals surface area contributed by atoms with Crippen LogP contribution in [0.25, 0.3) is 0 Å². The van der Waals surface area contributed by atoms with Crippen molar-refractivity contribution in [3.63, 3.8) is 0 Å². The summed E-state index contributed by atoms with van der Waals surface area (Å²) in [4.78, 5) is 0. The van der Waals surface area contributed by atoms with Crippen molar-refractivity contribution in [1.29, 1.82) is 0 Å². The highest BCUT2D eigenvalue weighted by atomic mass is 16.5. The van der Waals surface area contributed by atoms with Crippen molar-refractivity contribution in [2.45, 2.75) is 25.9 Å². The number of methoxy groups -OCH3 is 1. The van der Waals surface area contributed by atoms with Gasteiger partial charge in [0.1, 0.15) is 0 Å². The van der Waals surface area contributed by atoms with Crippen LogP contribution in [0.5, 0.6) is 0 Å². The molecule has 0 heterocycles. The summed E-state index contributed by atoms with van der Waals surface area (Å²) in [6, 6.07) is 10.7. The second kappa shape index (κ2) is 7.43. The third-order valence-corrected chi connectivity index (χ3v) is 3.14. The van der Waals surface area contributed by atoms with Gasteiger partial charge in [0.05, 0.1) is 12.6 Å². The van der Waals surface area contributed by atoms with Gasteiger partial charge in [-0.3, -0.25) is 0 Å². The first-order valence-corrected chi connectivity index (χ1v) is 6.09. The van der Waals surface area contributed by atoms with Crippen LogP contribution in [0, 0.1) is 5.92 Å². The zero-order chi connectivity index (χ0) is 12.7. The Kier molecular flexibility index (Phi) is 6.19. The van der Waals surface area contributed by atoms with E-state index in [1.54, 1.807) is 7.11 Å². The van der Waals surface area contributed by atoms with Crippen molar-refractivity contribution >= 4 is 0 Å². The summed E-state index contributed by atoms with van der Waals surface area (Å²) in [5.74, 6) is 0.234. The molecule has 2 N–H and O–H groups in total. The average molecular weight is 237 g/mol. The Morgan fingerprint density at radius 3 is 2.41 bits per heavy atom. The molecule has 0 spiro atoms. The lowest BCUT2D eigenvalue weighted by molar-refractivity contribution is 0.145. The lowest BCUT2D eigenvalue weighted by Gasteiger charge is -2.26. The number of aliphatic hydroxyl groups is 1. The molecule has 0 aliphatic carbocycles. The summed E-state index contributed by atoms with van der Waals surface area (Å²) < 4.78 is 5.25. The zero-order valence-corrected chi connectivity index (χ0v) is 10.9. The molecule has 0 saturated heterocycles. The van der Waals surface area contributed by atoms with Gasteiger partial charge in [0.25, 0.3) is 0 Å². The molecule has 0 fully saturated rings. The van der Waals surface area contributed by atoms with E-state index in [9.17, 15) is 0 Å². The molecule has 1 aromatic rings. The monoisotopic (exact) mass is 237 g/mol. The number of ether oxygens (including phenoxy) is 1.